The predicted octanol–water partition coefficient (Wildman–Crippen LogP) is 4.97. The van der Waals surface area contributed by atoms with E-state index in [2.05, 4.69) is 33.4 Å². The first-order valence-electron chi connectivity index (χ1n) is 12.1. The molecule has 0 unspecified atom stereocenters. The van der Waals surface area contributed by atoms with Gasteiger partial charge < -0.3 is 29.2 Å². The number of methoxy groups -OCH3 is 2. The zero-order chi connectivity index (χ0) is 25.2. The number of hydrogen-bond donors (Lipinski definition) is 1. The molecule has 4 rings (SSSR count). The number of rotatable bonds is 11. The number of ether oxygens (including phenoxy) is 4. The van der Waals surface area contributed by atoms with Gasteiger partial charge in [-0.05, 0) is 49.4 Å². The quantitative estimate of drug-likeness (QED) is 0.298. The van der Waals surface area contributed by atoms with Gasteiger partial charge in [0.25, 0.3) is 0 Å². The predicted molar refractivity (Wildman–Crippen MR) is 142 cm³/mol. The van der Waals surface area contributed by atoms with Crippen LogP contribution in [0.5, 0.6) is 5.75 Å². The zero-order valence-electron chi connectivity index (χ0n) is 21.2. The Labute approximate surface area is 212 Å². The lowest BCUT2D eigenvalue weighted by Gasteiger charge is -2.30. The Bertz CT molecular complexity index is 1160. The Balaban J connectivity index is 1.53. The van der Waals surface area contributed by atoms with Gasteiger partial charge in [-0.25, -0.2) is 9.97 Å². The third kappa shape index (κ3) is 6.60. The first kappa shape index (κ1) is 25.6. The fourth-order valence-corrected chi connectivity index (χ4v) is 4.14. The standard InChI is InChI=1S/C28H34N4O4/c1-4-5-14-36-20-23-17-21(6-9-27(23)34-3)25-10-11-29-28(31-25)30-24-7-8-26(22(18-24)19-33-2)32-12-15-35-16-13-32/h4-11,17-18H,12-16,19-20H2,1-3H3,(H,29,30,31)/b5-4+. The van der Waals surface area contributed by atoms with Gasteiger partial charge in [0.05, 0.1) is 45.8 Å². The molecule has 0 amide bonds. The van der Waals surface area contributed by atoms with Crippen molar-refractivity contribution in [1.29, 1.82) is 0 Å². The average Bonchev–Trinajstić information content (AvgIpc) is 2.92. The molecular formula is C28H34N4O4. The third-order valence-corrected chi connectivity index (χ3v) is 5.93. The average molecular weight is 491 g/mol. The summed E-state index contributed by atoms with van der Waals surface area (Å²) in [6.45, 7) is 6.73. The van der Waals surface area contributed by atoms with Crippen LogP contribution in [0.2, 0.25) is 0 Å². The van der Waals surface area contributed by atoms with Crippen molar-refractivity contribution in [2.75, 3.05) is 57.3 Å². The summed E-state index contributed by atoms with van der Waals surface area (Å²) in [7, 11) is 3.38. The zero-order valence-corrected chi connectivity index (χ0v) is 21.2. The van der Waals surface area contributed by atoms with Crippen molar-refractivity contribution in [2.45, 2.75) is 20.1 Å². The van der Waals surface area contributed by atoms with Crippen molar-refractivity contribution < 1.29 is 18.9 Å². The molecule has 2 heterocycles. The lowest BCUT2D eigenvalue weighted by atomic mass is 10.1. The molecule has 2 aromatic carbocycles. The van der Waals surface area contributed by atoms with E-state index in [4.69, 9.17) is 23.9 Å². The molecule has 8 heteroatoms. The second-order valence-electron chi connectivity index (χ2n) is 8.38. The van der Waals surface area contributed by atoms with Gasteiger partial charge in [0.15, 0.2) is 0 Å². The van der Waals surface area contributed by atoms with Crippen LogP contribution in [0, 0.1) is 0 Å². The smallest absolute Gasteiger partial charge is 0.227 e. The number of allylic oxidation sites excluding steroid dienone is 1. The molecule has 0 spiro atoms. The summed E-state index contributed by atoms with van der Waals surface area (Å²) in [5.74, 6) is 1.31. The molecular weight excluding hydrogens is 456 g/mol. The van der Waals surface area contributed by atoms with Crippen molar-refractivity contribution in [3.63, 3.8) is 0 Å². The highest BCUT2D eigenvalue weighted by Gasteiger charge is 2.16. The number of nitrogens with one attached hydrogen (secondary N) is 1. The summed E-state index contributed by atoms with van der Waals surface area (Å²) in [6.07, 6.45) is 5.71. The summed E-state index contributed by atoms with van der Waals surface area (Å²) in [4.78, 5) is 11.5. The van der Waals surface area contributed by atoms with E-state index in [1.54, 1.807) is 20.4 Å². The van der Waals surface area contributed by atoms with Crippen LogP contribution in [-0.4, -0.2) is 57.1 Å². The first-order valence-corrected chi connectivity index (χ1v) is 12.1. The molecule has 1 aromatic heterocycles. The van der Waals surface area contributed by atoms with Crippen molar-refractivity contribution in [3.8, 4) is 17.0 Å². The van der Waals surface area contributed by atoms with Crippen molar-refractivity contribution in [3.05, 3.63) is 71.9 Å². The number of anilines is 3. The van der Waals surface area contributed by atoms with Gasteiger partial charge in [-0.2, -0.15) is 0 Å². The van der Waals surface area contributed by atoms with E-state index < -0.39 is 0 Å². The normalized spacial score (nSPS) is 13.8. The lowest BCUT2D eigenvalue weighted by molar-refractivity contribution is 0.122. The summed E-state index contributed by atoms with van der Waals surface area (Å²) in [5.41, 5.74) is 5.93. The first-order chi connectivity index (χ1) is 17.7. The van der Waals surface area contributed by atoms with Crippen LogP contribution in [0.4, 0.5) is 17.3 Å². The summed E-state index contributed by atoms with van der Waals surface area (Å²) in [6, 6.07) is 14.2. The number of morpholine rings is 1. The SMILES string of the molecule is C/C=C/COCc1cc(-c2ccnc(Nc3ccc(N4CCOCC4)c(COC)c3)n2)ccc1OC. The number of aromatic nitrogens is 2. The van der Waals surface area contributed by atoms with Crippen molar-refractivity contribution in [2.24, 2.45) is 0 Å². The number of benzene rings is 2. The highest BCUT2D eigenvalue weighted by atomic mass is 16.5. The fraction of sp³-hybridized carbons (Fsp3) is 0.357. The second-order valence-corrected chi connectivity index (χ2v) is 8.38. The Kier molecular flexibility index (Phi) is 9.27. The minimum Gasteiger partial charge on any atom is -0.496 e. The summed E-state index contributed by atoms with van der Waals surface area (Å²) >= 11 is 0. The van der Waals surface area contributed by atoms with Crippen LogP contribution < -0.4 is 15.0 Å². The van der Waals surface area contributed by atoms with Gasteiger partial charge in [0.2, 0.25) is 5.95 Å². The van der Waals surface area contributed by atoms with Gasteiger partial charge >= 0.3 is 0 Å². The molecule has 1 fully saturated rings. The Morgan fingerprint density at radius 2 is 1.89 bits per heavy atom. The fourth-order valence-electron chi connectivity index (χ4n) is 4.14. The molecule has 0 radical (unpaired) electrons. The molecule has 0 aliphatic carbocycles. The Morgan fingerprint density at radius 1 is 1.03 bits per heavy atom. The minimum absolute atomic E-state index is 0.454. The van der Waals surface area contributed by atoms with E-state index in [0.29, 0.717) is 25.8 Å². The molecule has 0 saturated carbocycles. The van der Waals surface area contributed by atoms with Gasteiger partial charge in [-0.15, -0.1) is 0 Å². The van der Waals surface area contributed by atoms with Crippen LogP contribution >= 0.6 is 0 Å². The van der Waals surface area contributed by atoms with E-state index in [-0.39, 0.29) is 0 Å². The monoisotopic (exact) mass is 490 g/mol. The van der Waals surface area contributed by atoms with Crippen LogP contribution in [-0.2, 0) is 27.4 Å². The van der Waals surface area contributed by atoms with Crippen molar-refractivity contribution in [1.82, 2.24) is 9.97 Å². The molecule has 8 nitrogen and oxygen atoms in total. The Morgan fingerprint density at radius 3 is 2.67 bits per heavy atom. The van der Waals surface area contributed by atoms with E-state index >= 15 is 0 Å². The van der Waals surface area contributed by atoms with Crippen LogP contribution in [0.15, 0.2) is 60.8 Å². The Hall–Kier alpha value is -3.46. The van der Waals surface area contributed by atoms with Crippen LogP contribution in [0.25, 0.3) is 11.3 Å². The summed E-state index contributed by atoms with van der Waals surface area (Å²) < 4.78 is 22.2. The maximum absolute atomic E-state index is 5.75. The highest BCUT2D eigenvalue weighted by molar-refractivity contribution is 5.66. The molecule has 190 valence electrons. The summed E-state index contributed by atoms with van der Waals surface area (Å²) in [5, 5.41) is 3.35. The molecule has 1 aliphatic rings. The minimum atomic E-state index is 0.454. The maximum atomic E-state index is 5.75. The van der Waals surface area contributed by atoms with E-state index in [9.17, 15) is 0 Å². The highest BCUT2D eigenvalue weighted by Crippen LogP contribution is 2.29. The lowest BCUT2D eigenvalue weighted by Crippen LogP contribution is -2.36. The van der Waals surface area contributed by atoms with E-state index in [1.807, 2.05) is 43.3 Å². The molecule has 1 aliphatic heterocycles. The topological polar surface area (TPSA) is 78.0 Å². The van der Waals surface area contributed by atoms with Gasteiger partial charge in [-0.3, -0.25) is 0 Å². The van der Waals surface area contributed by atoms with Crippen LogP contribution in [0.1, 0.15) is 18.1 Å². The third-order valence-electron chi connectivity index (χ3n) is 5.93. The molecule has 1 saturated heterocycles. The van der Waals surface area contributed by atoms with Crippen molar-refractivity contribution >= 4 is 17.3 Å². The molecule has 3 aromatic rings. The molecule has 1 N–H and O–H groups in total. The second kappa shape index (κ2) is 13.0. The number of nitrogens with zero attached hydrogens (tertiary/aromatic N) is 3. The molecule has 0 atom stereocenters. The van der Waals surface area contributed by atoms with Crippen LogP contribution in [0.3, 0.4) is 0 Å². The van der Waals surface area contributed by atoms with E-state index in [0.717, 1.165) is 60.1 Å². The molecule has 36 heavy (non-hydrogen) atoms. The largest absolute Gasteiger partial charge is 0.496 e. The maximum Gasteiger partial charge on any atom is 0.227 e. The molecule has 0 bridgehead atoms. The number of hydrogen-bond acceptors (Lipinski definition) is 8. The van der Waals surface area contributed by atoms with Gasteiger partial charge in [-0.1, -0.05) is 12.2 Å². The van der Waals surface area contributed by atoms with Gasteiger partial charge in [0.1, 0.15) is 5.75 Å². The van der Waals surface area contributed by atoms with Gasteiger partial charge in [0, 0.05) is 54.5 Å². The van der Waals surface area contributed by atoms with E-state index in [1.165, 1.54) is 5.69 Å².